The molecular weight excluding hydrogens is 248 g/mol. The minimum absolute atomic E-state index is 1.20. The normalized spacial score (nSPS) is 7.89. The summed E-state index contributed by atoms with van der Waals surface area (Å²) in [7, 11) is 0. The summed E-state index contributed by atoms with van der Waals surface area (Å²) in [6.45, 7) is 19.6. The van der Waals surface area contributed by atoms with E-state index in [-0.39, 0.29) is 0 Å². The Hall–Kier alpha value is -1.34. The van der Waals surface area contributed by atoms with E-state index in [0.29, 0.717) is 0 Å². The van der Waals surface area contributed by atoms with Crippen LogP contribution in [0, 0.1) is 0 Å². The highest BCUT2D eigenvalue weighted by Gasteiger charge is 2.04. The van der Waals surface area contributed by atoms with Gasteiger partial charge < -0.3 is 0 Å². The summed E-state index contributed by atoms with van der Waals surface area (Å²) in [6.07, 6.45) is 3.79. The van der Waals surface area contributed by atoms with Crippen LogP contribution in [0.2, 0.25) is 0 Å². The molecule has 0 atom stereocenters. The highest BCUT2D eigenvalue weighted by molar-refractivity contribution is 7.20. The quantitative estimate of drug-likeness (QED) is 0.541. The second kappa shape index (κ2) is 13.1. The Bertz CT molecular complexity index is 463. The molecule has 0 radical (unpaired) electrons. The van der Waals surface area contributed by atoms with E-state index in [2.05, 4.69) is 37.4 Å². The average Bonchev–Trinajstić information content (AvgIpc) is 2.91. The first-order valence-electron chi connectivity index (χ1n) is 7.13. The first-order valence-corrected chi connectivity index (χ1v) is 7.95. The fourth-order valence-corrected chi connectivity index (χ4v) is 2.50. The molecule has 0 aliphatic rings. The van der Waals surface area contributed by atoms with E-state index in [1.54, 1.807) is 11.3 Å². The van der Waals surface area contributed by atoms with Crippen LogP contribution in [0.5, 0.6) is 0 Å². The number of hydrogen-bond acceptors (Lipinski definition) is 1. The molecule has 1 heterocycles. The topological polar surface area (TPSA) is 0 Å². The van der Waals surface area contributed by atoms with Crippen molar-refractivity contribution >= 4 is 33.6 Å². The minimum Gasteiger partial charge on any atom is -0.135 e. The largest absolute Gasteiger partial charge is 0.135 e. The van der Waals surface area contributed by atoms with Gasteiger partial charge in [0, 0.05) is 15.0 Å². The zero-order valence-corrected chi connectivity index (χ0v) is 14.1. The molecule has 19 heavy (non-hydrogen) atoms. The van der Waals surface area contributed by atoms with Crippen molar-refractivity contribution in [2.45, 2.75) is 41.5 Å². The van der Waals surface area contributed by atoms with Gasteiger partial charge in [-0.15, -0.1) is 11.3 Å². The summed E-state index contributed by atoms with van der Waals surface area (Å²) in [4.78, 5) is 1.20. The van der Waals surface area contributed by atoms with Crippen LogP contribution in [0.4, 0.5) is 0 Å². The zero-order valence-electron chi connectivity index (χ0n) is 13.3. The molecule has 0 N–H and O–H groups in total. The molecule has 0 aliphatic carbocycles. The van der Waals surface area contributed by atoms with Crippen molar-refractivity contribution in [3.63, 3.8) is 0 Å². The zero-order chi connectivity index (χ0) is 15.3. The molecule has 2 aromatic rings. The van der Waals surface area contributed by atoms with Gasteiger partial charge in [0.05, 0.1) is 0 Å². The van der Waals surface area contributed by atoms with Crippen LogP contribution in [0.25, 0.3) is 22.2 Å². The molecule has 0 bridgehead atoms. The Morgan fingerprint density at radius 2 is 1.37 bits per heavy atom. The van der Waals surface area contributed by atoms with Gasteiger partial charge in [-0.25, -0.2) is 0 Å². The van der Waals surface area contributed by atoms with E-state index in [9.17, 15) is 0 Å². The standard InChI is InChI=1S/C12H10S.3C2H6/c1-3-9-10-7-5-6-8-12(10)13-11(9)4-2;3*1-2/h3-8H,1-2H2;3*1-2H3. The van der Waals surface area contributed by atoms with Crippen LogP contribution in [0.3, 0.4) is 0 Å². The van der Waals surface area contributed by atoms with Crippen molar-refractivity contribution in [3.05, 3.63) is 47.9 Å². The molecule has 0 unspecified atom stereocenters. The molecule has 0 saturated heterocycles. The van der Waals surface area contributed by atoms with Gasteiger partial charge in [0.2, 0.25) is 0 Å². The van der Waals surface area contributed by atoms with E-state index in [1.807, 2.05) is 53.7 Å². The Balaban J connectivity index is 0. The van der Waals surface area contributed by atoms with Crippen LogP contribution in [-0.2, 0) is 0 Å². The van der Waals surface area contributed by atoms with Gasteiger partial charge in [0.25, 0.3) is 0 Å². The lowest BCUT2D eigenvalue weighted by molar-refractivity contribution is 1.50. The molecule has 0 aliphatic heterocycles. The Labute approximate surface area is 123 Å². The number of benzene rings is 1. The molecule has 0 nitrogen and oxygen atoms in total. The Morgan fingerprint density at radius 3 is 1.84 bits per heavy atom. The maximum Gasteiger partial charge on any atom is 0.0355 e. The van der Waals surface area contributed by atoms with Crippen molar-refractivity contribution in [2.24, 2.45) is 0 Å². The predicted octanol–water partition coefficient (Wildman–Crippen LogP) is 7.27. The van der Waals surface area contributed by atoms with Crippen molar-refractivity contribution < 1.29 is 0 Å². The van der Waals surface area contributed by atoms with Crippen molar-refractivity contribution in [2.75, 3.05) is 0 Å². The fraction of sp³-hybridized carbons (Fsp3) is 0.333. The van der Waals surface area contributed by atoms with Gasteiger partial charge >= 0.3 is 0 Å². The maximum absolute atomic E-state index is 3.82. The third-order valence-corrected chi connectivity index (χ3v) is 3.23. The third kappa shape index (κ3) is 5.44. The van der Waals surface area contributed by atoms with Crippen LogP contribution in [-0.4, -0.2) is 0 Å². The number of hydrogen-bond donors (Lipinski definition) is 0. The van der Waals surface area contributed by atoms with Crippen LogP contribution in [0.1, 0.15) is 52.0 Å². The summed E-state index contributed by atoms with van der Waals surface area (Å²) in [5.41, 5.74) is 1.20. The van der Waals surface area contributed by atoms with Gasteiger partial charge in [-0.3, -0.25) is 0 Å². The van der Waals surface area contributed by atoms with Crippen LogP contribution in [0.15, 0.2) is 37.4 Å². The van der Waals surface area contributed by atoms with Gasteiger partial charge in [-0.05, 0) is 11.6 Å². The molecular formula is C18H28S. The molecule has 0 spiro atoms. The molecule has 0 fully saturated rings. The third-order valence-electron chi connectivity index (χ3n) is 2.05. The molecule has 1 heteroatoms. The lowest BCUT2D eigenvalue weighted by Gasteiger charge is -1.90. The predicted molar refractivity (Wildman–Crippen MR) is 96.1 cm³/mol. The van der Waals surface area contributed by atoms with Gasteiger partial charge in [0.1, 0.15) is 0 Å². The van der Waals surface area contributed by atoms with Crippen molar-refractivity contribution in [1.29, 1.82) is 0 Å². The molecule has 0 saturated carbocycles. The van der Waals surface area contributed by atoms with Crippen LogP contribution >= 0.6 is 11.3 Å². The fourth-order valence-electron chi connectivity index (χ4n) is 1.45. The van der Waals surface area contributed by atoms with E-state index >= 15 is 0 Å². The van der Waals surface area contributed by atoms with E-state index < -0.39 is 0 Å². The molecule has 2 rings (SSSR count). The Kier molecular flexibility index (Phi) is 13.8. The number of rotatable bonds is 2. The van der Waals surface area contributed by atoms with Crippen LogP contribution < -0.4 is 0 Å². The summed E-state index contributed by atoms with van der Waals surface area (Å²) in [5.74, 6) is 0. The van der Waals surface area contributed by atoms with Gasteiger partial charge in [0.15, 0.2) is 0 Å². The van der Waals surface area contributed by atoms with Crippen molar-refractivity contribution in [3.8, 4) is 0 Å². The highest BCUT2D eigenvalue weighted by atomic mass is 32.1. The summed E-state index contributed by atoms with van der Waals surface area (Å²) in [6, 6.07) is 8.35. The second-order valence-electron chi connectivity index (χ2n) is 2.78. The molecule has 106 valence electrons. The lowest BCUT2D eigenvalue weighted by atomic mass is 10.1. The molecule has 1 aromatic heterocycles. The Morgan fingerprint density at radius 1 is 0.842 bits per heavy atom. The second-order valence-corrected chi connectivity index (χ2v) is 3.87. The first-order chi connectivity index (χ1) is 9.36. The number of thiophene rings is 1. The van der Waals surface area contributed by atoms with E-state index in [1.165, 1.54) is 20.5 Å². The maximum atomic E-state index is 3.82. The summed E-state index contributed by atoms with van der Waals surface area (Å²) in [5, 5.41) is 1.28. The van der Waals surface area contributed by atoms with E-state index in [4.69, 9.17) is 0 Å². The van der Waals surface area contributed by atoms with Crippen molar-refractivity contribution in [1.82, 2.24) is 0 Å². The average molecular weight is 276 g/mol. The summed E-state index contributed by atoms with van der Waals surface area (Å²) >= 11 is 1.76. The lowest BCUT2D eigenvalue weighted by Crippen LogP contribution is -1.69. The van der Waals surface area contributed by atoms with Gasteiger partial charge in [-0.1, -0.05) is 85.1 Å². The number of fused-ring (bicyclic) bond motifs is 1. The monoisotopic (exact) mass is 276 g/mol. The first kappa shape index (κ1) is 20.0. The van der Waals surface area contributed by atoms with Gasteiger partial charge in [-0.2, -0.15) is 0 Å². The minimum atomic E-state index is 1.20. The smallest absolute Gasteiger partial charge is 0.0355 e. The molecule has 0 amide bonds. The van der Waals surface area contributed by atoms with E-state index in [0.717, 1.165) is 0 Å². The highest BCUT2D eigenvalue weighted by Crippen LogP contribution is 2.32. The molecule has 1 aromatic carbocycles. The summed E-state index contributed by atoms with van der Waals surface area (Å²) < 4.78 is 1.30. The SMILES string of the molecule is C=Cc1sc2ccccc2c1C=C.CC.CC.CC.